The summed E-state index contributed by atoms with van der Waals surface area (Å²) in [4.78, 5) is 26.0. The summed E-state index contributed by atoms with van der Waals surface area (Å²) >= 11 is 1.26. The summed E-state index contributed by atoms with van der Waals surface area (Å²) < 4.78 is 0. The van der Waals surface area contributed by atoms with Crippen LogP contribution in [0.15, 0.2) is 12.1 Å². The molecule has 0 saturated carbocycles. The van der Waals surface area contributed by atoms with E-state index in [2.05, 4.69) is 6.92 Å². The van der Waals surface area contributed by atoms with Crippen molar-refractivity contribution in [2.75, 3.05) is 6.54 Å². The fourth-order valence-electron chi connectivity index (χ4n) is 2.43. The van der Waals surface area contributed by atoms with E-state index in [1.54, 1.807) is 6.07 Å². The highest BCUT2D eigenvalue weighted by Gasteiger charge is 2.22. The molecule has 4 nitrogen and oxygen atoms in total. The quantitative estimate of drug-likeness (QED) is 0.923. The molecule has 2 heterocycles. The number of thiophene rings is 1. The predicted octanol–water partition coefficient (Wildman–Crippen LogP) is 2.99. The molecule has 1 aromatic heterocycles. The lowest BCUT2D eigenvalue weighted by atomic mass is 9.98. The summed E-state index contributed by atoms with van der Waals surface area (Å²) in [6.07, 6.45) is 3.79. The van der Waals surface area contributed by atoms with Crippen molar-refractivity contribution in [1.29, 1.82) is 0 Å². The fourth-order valence-corrected chi connectivity index (χ4v) is 3.30. The van der Waals surface area contributed by atoms with Crippen molar-refractivity contribution < 1.29 is 14.7 Å². The minimum absolute atomic E-state index is 0.196. The van der Waals surface area contributed by atoms with Gasteiger partial charge in [-0.15, -0.1) is 11.3 Å². The zero-order valence-corrected chi connectivity index (χ0v) is 11.9. The highest BCUT2D eigenvalue weighted by atomic mass is 32.1. The maximum Gasteiger partial charge on any atom is 0.345 e. The number of amides is 1. The van der Waals surface area contributed by atoms with Crippen molar-refractivity contribution >= 4 is 23.2 Å². The lowest BCUT2D eigenvalue weighted by Crippen LogP contribution is -2.29. The highest BCUT2D eigenvalue weighted by molar-refractivity contribution is 7.13. The average molecular weight is 281 g/mol. The van der Waals surface area contributed by atoms with E-state index in [1.165, 1.54) is 11.3 Å². The summed E-state index contributed by atoms with van der Waals surface area (Å²) in [7, 11) is 0. The van der Waals surface area contributed by atoms with Gasteiger partial charge >= 0.3 is 5.97 Å². The lowest BCUT2D eigenvalue weighted by molar-refractivity contribution is -0.131. The van der Waals surface area contributed by atoms with Crippen LogP contribution in [0.1, 0.15) is 47.2 Å². The first-order chi connectivity index (χ1) is 9.10. The number of likely N-dealkylation sites (tertiary alicyclic amines) is 1. The van der Waals surface area contributed by atoms with Gasteiger partial charge in [-0.2, -0.15) is 0 Å². The van der Waals surface area contributed by atoms with Gasteiger partial charge in [-0.3, -0.25) is 4.79 Å². The van der Waals surface area contributed by atoms with Crippen LogP contribution in [0, 0.1) is 5.92 Å². The standard InChI is InChI=1S/C14H19NO3S/c1-2-10-3-6-13(16)15(8-7-10)9-11-4-5-12(19-11)14(17)18/h4-5,10H,2-3,6-9H2,1H3,(H,17,18). The summed E-state index contributed by atoms with van der Waals surface area (Å²) in [6, 6.07) is 3.42. The van der Waals surface area contributed by atoms with Gasteiger partial charge < -0.3 is 10.0 Å². The Labute approximate surface area is 117 Å². The number of carbonyl (C=O) groups excluding carboxylic acids is 1. The molecule has 19 heavy (non-hydrogen) atoms. The van der Waals surface area contributed by atoms with Gasteiger partial charge in [-0.25, -0.2) is 4.79 Å². The van der Waals surface area contributed by atoms with Crippen LogP contribution in [0.5, 0.6) is 0 Å². The number of nitrogens with zero attached hydrogens (tertiary/aromatic N) is 1. The summed E-state index contributed by atoms with van der Waals surface area (Å²) in [6.45, 7) is 3.51. The number of carboxylic acids is 1. The molecular weight excluding hydrogens is 262 g/mol. The molecule has 104 valence electrons. The van der Waals surface area contributed by atoms with Crippen molar-refractivity contribution in [2.24, 2.45) is 5.92 Å². The summed E-state index contributed by atoms with van der Waals surface area (Å²) in [5, 5.41) is 8.90. The van der Waals surface area contributed by atoms with Crippen LogP contribution in [0.2, 0.25) is 0 Å². The predicted molar refractivity (Wildman–Crippen MR) is 74.3 cm³/mol. The Morgan fingerprint density at radius 2 is 2.26 bits per heavy atom. The summed E-state index contributed by atoms with van der Waals surface area (Å²) in [5.41, 5.74) is 0. The third kappa shape index (κ3) is 3.56. The van der Waals surface area contributed by atoms with Crippen LogP contribution in [0.4, 0.5) is 0 Å². The molecular formula is C14H19NO3S. The molecule has 0 bridgehead atoms. The molecule has 1 fully saturated rings. The molecule has 1 unspecified atom stereocenters. The van der Waals surface area contributed by atoms with E-state index >= 15 is 0 Å². The minimum atomic E-state index is -0.899. The van der Waals surface area contributed by atoms with Gasteiger partial charge in [-0.05, 0) is 30.9 Å². The Morgan fingerprint density at radius 1 is 1.47 bits per heavy atom. The van der Waals surface area contributed by atoms with Gasteiger partial charge in [-0.1, -0.05) is 13.3 Å². The third-order valence-corrected chi connectivity index (χ3v) is 4.78. The number of hydrogen-bond acceptors (Lipinski definition) is 3. The van der Waals surface area contributed by atoms with Gasteiger partial charge in [0, 0.05) is 17.8 Å². The van der Waals surface area contributed by atoms with E-state index in [9.17, 15) is 9.59 Å². The molecule has 1 N–H and O–H groups in total. The summed E-state index contributed by atoms with van der Waals surface area (Å²) in [5.74, 6) is -0.0578. The number of carbonyl (C=O) groups is 2. The molecule has 0 radical (unpaired) electrons. The topological polar surface area (TPSA) is 57.6 Å². The van der Waals surface area contributed by atoms with Crippen LogP contribution in [-0.4, -0.2) is 28.4 Å². The Bertz CT molecular complexity index is 469. The molecule has 0 spiro atoms. The van der Waals surface area contributed by atoms with Crippen molar-refractivity contribution in [2.45, 2.75) is 39.2 Å². The smallest absolute Gasteiger partial charge is 0.345 e. The van der Waals surface area contributed by atoms with E-state index in [4.69, 9.17) is 5.11 Å². The van der Waals surface area contributed by atoms with Gasteiger partial charge in [0.05, 0.1) is 6.54 Å². The average Bonchev–Trinajstić information content (AvgIpc) is 2.78. The van der Waals surface area contributed by atoms with Crippen LogP contribution >= 0.6 is 11.3 Å². The van der Waals surface area contributed by atoms with Crippen LogP contribution < -0.4 is 0 Å². The van der Waals surface area contributed by atoms with E-state index < -0.39 is 5.97 Å². The van der Waals surface area contributed by atoms with Gasteiger partial charge in [0.15, 0.2) is 0 Å². The van der Waals surface area contributed by atoms with E-state index in [0.717, 1.165) is 30.7 Å². The zero-order chi connectivity index (χ0) is 13.8. The maximum absolute atomic E-state index is 12.0. The largest absolute Gasteiger partial charge is 0.477 e. The Hall–Kier alpha value is -1.36. The zero-order valence-electron chi connectivity index (χ0n) is 11.1. The molecule has 1 aliphatic heterocycles. The van der Waals surface area contributed by atoms with Gasteiger partial charge in [0.25, 0.3) is 0 Å². The van der Waals surface area contributed by atoms with Crippen molar-refractivity contribution in [1.82, 2.24) is 4.90 Å². The first-order valence-corrected chi connectivity index (χ1v) is 7.51. The van der Waals surface area contributed by atoms with E-state index in [0.29, 0.717) is 23.8 Å². The molecule has 1 atom stereocenters. The van der Waals surface area contributed by atoms with Gasteiger partial charge in [0.1, 0.15) is 4.88 Å². The third-order valence-electron chi connectivity index (χ3n) is 3.72. The second-order valence-corrected chi connectivity index (χ2v) is 6.16. The maximum atomic E-state index is 12.0. The molecule has 1 amide bonds. The van der Waals surface area contributed by atoms with E-state index in [-0.39, 0.29) is 5.91 Å². The Morgan fingerprint density at radius 3 is 2.89 bits per heavy atom. The lowest BCUT2D eigenvalue weighted by Gasteiger charge is -2.19. The molecule has 2 rings (SSSR count). The Balaban J connectivity index is 2.00. The molecule has 0 aromatic carbocycles. The second kappa shape index (κ2) is 6.19. The molecule has 0 aliphatic carbocycles. The molecule has 5 heteroatoms. The van der Waals surface area contributed by atoms with Crippen molar-refractivity contribution in [3.8, 4) is 0 Å². The van der Waals surface area contributed by atoms with Crippen molar-refractivity contribution in [3.05, 3.63) is 21.9 Å². The monoisotopic (exact) mass is 281 g/mol. The molecule has 1 aromatic rings. The number of aromatic carboxylic acids is 1. The number of carboxylic acid groups (broad SMARTS) is 1. The number of hydrogen-bond donors (Lipinski definition) is 1. The molecule has 1 aliphatic rings. The SMILES string of the molecule is CCC1CCC(=O)N(Cc2ccc(C(=O)O)s2)CC1. The first kappa shape index (κ1) is 14.1. The van der Waals surface area contributed by atoms with Gasteiger partial charge in [0.2, 0.25) is 5.91 Å². The van der Waals surface area contributed by atoms with Crippen molar-refractivity contribution in [3.63, 3.8) is 0 Å². The molecule has 1 saturated heterocycles. The Kier molecular flexibility index (Phi) is 4.58. The highest BCUT2D eigenvalue weighted by Crippen LogP contribution is 2.24. The normalized spacial score (nSPS) is 20.4. The van der Waals surface area contributed by atoms with Crippen LogP contribution in [0.3, 0.4) is 0 Å². The minimum Gasteiger partial charge on any atom is -0.477 e. The second-order valence-electron chi connectivity index (χ2n) is 4.99. The van der Waals surface area contributed by atoms with Crippen LogP contribution in [0.25, 0.3) is 0 Å². The van der Waals surface area contributed by atoms with Crippen LogP contribution in [-0.2, 0) is 11.3 Å². The number of rotatable bonds is 4. The first-order valence-electron chi connectivity index (χ1n) is 6.70. The van der Waals surface area contributed by atoms with E-state index in [1.807, 2.05) is 11.0 Å². The fraction of sp³-hybridized carbons (Fsp3) is 0.571.